The second kappa shape index (κ2) is 4.09. The number of alkyl halides is 1. The minimum atomic E-state index is 0.259. The van der Waals surface area contributed by atoms with Gasteiger partial charge in [-0.05, 0) is 13.0 Å². The van der Waals surface area contributed by atoms with Gasteiger partial charge in [-0.15, -0.1) is 0 Å². The summed E-state index contributed by atoms with van der Waals surface area (Å²) in [4.78, 5) is 11.2. The van der Waals surface area contributed by atoms with Crippen LogP contribution in [0.5, 0.6) is 0 Å². The number of carbonyl (C=O) groups is 1. The molecule has 1 heterocycles. The first-order valence-electron chi connectivity index (χ1n) is 3.64. The average Bonchev–Trinajstić information content (AvgIpc) is 2.13. The molecule has 2 nitrogen and oxygen atoms in total. The lowest BCUT2D eigenvalue weighted by molar-refractivity contribution is -0.121. The highest BCUT2D eigenvalue weighted by molar-refractivity contribution is 9.09. The molecule has 0 spiro atoms. The van der Waals surface area contributed by atoms with E-state index < -0.39 is 0 Å². The lowest BCUT2D eigenvalue weighted by Gasteiger charge is -2.06. The quantitative estimate of drug-likeness (QED) is 0.647. The van der Waals surface area contributed by atoms with Gasteiger partial charge in [0.1, 0.15) is 5.78 Å². The van der Waals surface area contributed by atoms with Crippen molar-refractivity contribution >= 4 is 21.7 Å². The SMILES string of the molecule is O=C1CCNCCC1CBr. The monoisotopic (exact) mass is 205 g/mol. The van der Waals surface area contributed by atoms with E-state index in [0.29, 0.717) is 12.2 Å². The van der Waals surface area contributed by atoms with Gasteiger partial charge < -0.3 is 5.32 Å². The summed E-state index contributed by atoms with van der Waals surface area (Å²) in [5.41, 5.74) is 0. The Kier molecular flexibility index (Phi) is 3.35. The summed E-state index contributed by atoms with van der Waals surface area (Å²) in [6.07, 6.45) is 1.69. The van der Waals surface area contributed by atoms with Crippen LogP contribution in [0.25, 0.3) is 0 Å². The Labute approximate surface area is 69.5 Å². The predicted octanol–water partition coefficient (Wildman–Crippen LogP) is 0.950. The van der Waals surface area contributed by atoms with Crippen molar-refractivity contribution in [1.82, 2.24) is 5.32 Å². The number of hydrogen-bond donors (Lipinski definition) is 1. The third kappa shape index (κ3) is 2.06. The van der Waals surface area contributed by atoms with Crippen LogP contribution in [0, 0.1) is 5.92 Å². The van der Waals surface area contributed by atoms with Crippen LogP contribution in [-0.2, 0) is 4.79 Å². The van der Waals surface area contributed by atoms with E-state index in [2.05, 4.69) is 21.2 Å². The molecule has 1 aliphatic rings. The van der Waals surface area contributed by atoms with E-state index in [0.717, 1.165) is 24.8 Å². The maximum Gasteiger partial charge on any atom is 0.138 e. The Morgan fingerprint density at radius 3 is 3.10 bits per heavy atom. The van der Waals surface area contributed by atoms with Crippen molar-refractivity contribution in [2.75, 3.05) is 18.4 Å². The highest BCUT2D eigenvalue weighted by atomic mass is 79.9. The zero-order valence-corrected chi connectivity index (χ0v) is 7.49. The highest BCUT2D eigenvalue weighted by Crippen LogP contribution is 2.11. The number of Topliss-reactive ketones (excluding diaryl/α,β-unsaturated/α-hetero) is 1. The fraction of sp³-hybridized carbons (Fsp3) is 0.857. The van der Waals surface area contributed by atoms with Gasteiger partial charge in [-0.25, -0.2) is 0 Å². The molecular formula is C7H12BrNO. The van der Waals surface area contributed by atoms with Crippen LogP contribution < -0.4 is 5.32 Å². The maximum atomic E-state index is 11.2. The second-order valence-electron chi connectivity index (χ2n) is 2.61. The molecule has 0 bridgehead atoms. The summed E-state index contributed by atoms with van der Waals surface area (Å²) in [7, 11) is 0. The number of rotatable bonds is 1. The molecule has 1 atom stereocenters. The highest BCUT2D eigenvalue weighted by Gasteiger charge is 2.18. The van der Waals surface area contributed by atoms with Crippen molar-refractivity contribution < 1.29 is 4.79 Å². The predicted molar refractivity (Wildman–Crippen MR) is 44.4 cm³/mol. The van der Waals surface area contributed by atoms with Crippen molar-refractivity contribution in [3.8, 4) is 0 Å². The molecule has 58 valence electrons. The van der Waals surface area contributed by atoms with Crippen LogP contribution >= 0.6 is 15.9 Å². The van der Waals surface area contributed by atoms with Crippen molar-refractivity contribution in [3.05, 3.63) is 0 Å². The lowest BCUT2D eigenvalue weighted by Crippen LogP contribution is -2.14. The topological polar surface area (TPSA) is 29.1 Å². The van der Waals surface area contributed by atoms with Crippen LogP contribution in [0.2, 0.25) is 0 Å². The maximum absolute atomic E-state index is 11.2. The third-order valence-electron chi connectivity index (χ3n) is 1.86. The second-order valence-corrected chi connectivity index (χ2v) is 3.25. The standard InChI is InChI=1S/C7H12BrNO/c8-5-6-1-3-9-4-2-7(6)10/h6,9H,1-5H2. The number of nitrogens with one attached hydrogen (secondary N) is 1. The van der Waals surface area contributed by atoms with Gasteiger partial charge in [0, 0.05) is 24.2 Å². The van der Waals surface area contributed by atoms with Gasteiger partial charge in [0.15, 0.2) is 0 Å². The smallest absolute Gasteiger partial charge is 0.138 e. The van der Waals surface area contributed by atoms with Crippen LogP contribution in [0.15, 0.2) is 0 Å². The van der Waals surface area contributed by atoms with E-state index in [-0.39, 0.29) is 5.92 Å². The van der Waals surface area contributed by atoms with Crippen LogP contribution in [0.4, 0.5) is 0 Å². The third-order valence-corrected chi connectivity index (χ3v) is 2.64. The van der Waals surface area contributed by atoms with Crippen LogP contribution in [-0.4, -0.2) is 24.2 Å². The number of halogens is 1. The largest absolute Gasteiger partial charge is 0.316 e. The number of hydrogen-bond acceptors (Lipinski definition) is 2. The Bertz CT molecular complexity index is 127. The molecule has 1 N–H and O–H groups in total. The van der Waals surface area contributed by atoms with Crippen LogP contribution in [0.3, 0.4) is 0 Å². The van der Waals surface area contributed by atoms with Gasteiger partial charge in [-0.2, -0.15) is 0 Å². The Hall–Kier alpha value is 0.110. The summed E-state index contributed by atoms with van der Waals surface area (Å²) in [5, 5.41) is 4.03. The molecular weight excluding hydrogens is 194 g/mol. The first kappa shape index (κ1) is 8.21. The minimum absolute atomic E-state index is 0.259. The minimum Gasteiger partial charge on any atom is -0.316 e. The summed E-state index contributed by atoms with van der Waals surface area (Å²) in [6, 6.07) is 0. The molecule has 0 aromatic carbocycles. The van der Waals surface area contributed by atoms with Gasteiger partial charge in [0.25, 0.3) is 0 Å². The lowest BCUT2D eigenvalue weighted by atomic mass is 10.0. The number of carbonyl (C=O) groups excluding carboxylic acids is 1. The molecule has 0 saturated carbocycles. The molecule has 1 rings (SSSR count). The molecule has 1 aliphatic heterocycles. The number of ketones is 1. The fourth-order valence-corrected chi connectivity index (χ4v) is 1.83. The molecule has 1 saturated heterocycles. The fourth-order valence-electron chi connectivity index (χ4n) is 1.14. The van der Waals surface area contributed by atoms with E-state index in [1.807, 2.05) is 0 Å². The molecule has 0 amide bonds. The zero-order chi connectivity index (χ0) is 7.40. The van der Waals surface area contributed by atoms with Crippen molar-refractivity contribution in [3.63, 3.8) is 0 Å². The molecule has 0 radical (unpaired) electrons. The molecule has 1 unspecified atom stereocenters. The van der Waals surface area contributed by atoms with E-state index in [9.17, 15) is 4.79 Å². The molecule has 0 aromatic rings. The zero-order valence-electron chi connectivity index (χ0n) is 5.90. The summed E-state index contributed by atoms with van der Waals surface area (Å²) >= 11 is 3.34. The van der Waals surface area contributed by atoms with E-state index in [4.69, 9.17) is 0 Å². The van der Waals surface area contributed by atoms with Gasteiger partial charge in [0.05, 0.1) is 0 Å². The summed E-state index contributed by atoms with van der Waals surface area (Å²) in [6.45, 7) is 1.85. The van der Waals surface area contributed by atoms with E-state index in [1.54, 1.807) is 0 Å². The molecule has 0 aliphatic carbocycles. The summed E-state index contributed by atoms with van der Waals surface area (Å²) < 4.78 is 0. The normalized spacial score (nSPS) is 28.1. The van der Waals surface area contributed by atoms with Crippen molar-refractivity contribution in [2.45, 2.75) is 12.8 Å². The van der Waals surface area contributed by atoms with Crippen LogP contribution in [0.1, 0.15) is 12.8 Å². The van der Waals surface area contributed by atoms with E-state index >= 15 is 0 Å². The Balaban J connectivity index is 2.43. The van der Waals surface area contributed by atoms with Gasteiger partial charge in [-0.3, -0.25) is 4.79 Å². The van der Waals surface area contributed by atoms with Gasteiger partial charge in [-0.1, -0.05) is 15.9 Å². The molecule has 1 fully saturated rings. The molecule has 0 aromatic heterocycles. The first-order chi connectivity index (χ1) is 4.84. The summed E-state index contributed by atoms with van der Waals surface area (Å²) in [5.74, 6) is 0.664. The molecule has 10 heavy (non-hydrogen) atoms. The van der Waals surface area contributed by atoms with Crippen molar-refractivity contribution in [2.24, 2.45) is 5.92 Å². The Morgan fingerprint density at radius 1 is 1.60 bits per heavy atom. The average molecular weight is 206 g/mol. The molecule has 3 heteroatoms. The Morgan fingerprint density at radius 2 is 2.40 bits per heavy atom. The van der Waals surface area contributed by atoms with Gasteiger partial charge >= 0.3 is 0 Å². The van der Waals surface area contributed by atoms with Gasteiger partial charge in [0.2, 0.25) is 0 Å². The van der Waals surface area contributed by atoms with Crippen molar-refractivity contribution in [1.29, 1.82) is 0 Å². The van der Waals surface area contributed by atoms with E-state index in [1.165, 1.54) is 0 Å². The first-order valence-corrected chi connectivity index (χ1v) is 4.76.